The van der Waals surface area contributed by atoms with Gasteiger partial charge in [0.25, 0.3) is 0 Å². The third-order valence-corrected chi connectivity index (χ3v) is 8.84. The molecule has 0 aromatic rings. The van der Waals surface area contributed by atoms with Crippen LogP contribution in [0, 0.1) is 0 Å². The molecule has 0 bridgehead atoms. The predicted molar refractivity (Wildman–Crippen MR) is 86.7 cm³/mol. The topological polar surface area (TPSA) is 58.6 Å². The summed E-state index contributed by atoms with van der Waals surface area (Å²) in [6, 6.07) is -0.404. The highest BCUT2D eigenvalue weighted by atomic mass is 28.4. The molecule has 120 valence electrons. The lowest BCUT2D eigenvalue weighted by atomic mass is 10.1. The fourth-order valence-corrected chi connectivity index (χ4v) is 2.83. The van der Waals surface area contributed by atoms with E-state index in [-0.39, 0.29) is 5.04 Å². The molecule has 0 fully saturated rings. The Kier molecular flexibility index (Phi) is 8.62. The second kappa shape index (κ2) is 8.80. The van der Waals surface area contributed by atoms with E-state index in [4.69, 9.17) is 9.53 Å². The fraction of sp³-hybridized carbons (Fsp3) is 0.933. The van der Waals surface area contributed by atoms with Crippen molar-refractivity contribution in [3.63, 3.8) is 0 Å². The molecule has 0 saturated heterocycles. The molecule has 1 unspecified atom stereocenters. The van der Waals surface area contributed by atoms with E-state index in [2.05, 4.69) is 39.2 Å². The van der Waals surface area contributed by atoms with Crippen LogP contribution in [0.4, 0.5) is 0 Å². The number of hydrogen-bond donors (Lipinski definition) is 2. The molecular formula is C15H33NO3Si. The van der Waals surface area contributed by atoms with Gasteiger partial charge in [-0.2, -0.15) is 0 Å². The van der Waals surface area contributed by atoms with Crippen molar-refractivity contribution >= 4 is 14.3 Å². The molecule has 1 atom stereocenters. The van der Waals surface area contributed by atoms with Gasteiger partial charge in [-0.05, 0) is 38.0 Å². The molecule has 20 heavy (non-hydrogen) atoms. The van der Waals surface area contributed by atoms with Gasteiger partial charge in [-0.1, -0.05) is 40.0 Å². The van der Waals surface area contributed by atoms with Crippen LogP contribution >= 0.6 is 0 Å². The molecule has 0 amide bonds. The summed E-state index contributed by atoms with van der Waals surface area (Å²) in [6.45, 7) is 12.1. The fourth-order valence-electron chi connectivity index (χ4n) is 1.74. The summed E-state index contributed by atoms with van der Waals surface area (Å²) in [7, 11) is 0.101. The van der Waals surface area contributed by atoms with Crippen molar-refractivity contribution in [1.29, 1.82) is 0 Å². The van der Waals surface area contributed by atoms with Gasteiger partial charge >= 0.3 is 5.97 Å². The Balaban J connectivity index is 3.67. The van der Waals surface area contributed by atoms with Crippen molar-refractivity contribution in [2.24, 2.45) is 0 Å². The standard InChI is InChI=1S/C15H33NO3Si/c1-15(2,3)20(5,6)19-12-10-8-7-9-11-13(16-4)14(17)18/h13,16H,7-12H2,1-6H3,(H,17,18). The third-order valence-electron chi connectivity index (χ3n) is 4.30. The Bertz CT molecular complexity index is 287. The van der Waals surface area contributed by atoms with Gasteiger partial charge in [-0.15, -0.1) is 0 Å². The summed E-state index contributed by atoms with van der Waals surface area (Å²) >= 11 is 0. The zero-order chi connectivity index (χ0) is 15.8. The molecule has 0 aromatic carbocycles. The molecule has 0 aliphatic heterocycles. The third kappa shape index (κ3) is 7.41. The Morgan fingerprint density at radius 1 is 1.20 bits per heavy atom. The number of carboxylic acid groups (broad SMARTS) is 1. The summed E-state index contributed by atoms with van der Waals surface area (Å²) in [5.41, 5.74) is 0. The molecule has 2 N–H and O–H groups in total. The minimum atomic E-state index is -1.60. The molecule has 4 nitrogen and oxygen atoms in total. The first-order valence-electron chi connectivity index (χ1n) is 7.66. The molecular weight excluding hydrogens is 270 g/mol. The maximum absolute atomic E-state index is 10.8. The molecule has 0 radical (unpaired) electrons. The molecule has 5 heteroatoms. The zero-order valence-electron chi connectivity index (χ0n) is 14.1. The first-order valence-corrected chi connectivity index (χ1v) is 10.6. The normalized spacial score (nSPS) is 14.3. The van der Waals surface area contributed by atoms with Crippen molar-refractivity contribution in [2.45, 2.75) is 77.0 Å². The SMILES string of the molecule is CNC(CCCCCCO[Si](C)(C)C(C)(C)C)C(=O)O. The number of rotatable bonds is 10. The zero-order valence-corrected chi connectivity index (χ0v) is 15.1. The minimum absolute atomic E-state index is 0.272. The molecule has 0 aromatic heterocycles. The lowest BCUT2D eigenvalue weighted by Gasteiger charge is -2.36. The molecule has 0 saturated carbocycles. The molecule has 0 aliphatic carbocycles. The van der Waals surface area contributed by atoms with Crippen LogP contribution in [0.5, 0.6) is 0 Å². The van der Waals surface area contributed by atoms with Crippen LogP contribution < -0.4 is 5.32 Å². The van der Waals surface area contributed by atoms with E-state index in [1.165, 1.54) is 0 Å². The van der Waals surface area contributed by atoms with Gasteiger partial charge in [0, 0.05) is 6.61 Å². The average Bonchev–Trinajstić information content (AvgIpc) is 2.30. The van der Waals surface area contributed by atoms with Gasteiger partial charge in [-0.3, -0.25) is 4.79 Å². The van der Waals surface area contributed by atoms with E-state index >= 15 is 0 Å². The van der Waals surface area contributed by atoms with E-state index in [0.717, 1.165) is 32.3 Å². The Labute approximate surface area is 125 Å². The predicted octanol–water partition coefficient (Wildman–Crippen LogP) is 3.63. The summed E-state index contributed by atoms with van der Waals surface area (Å²) in [6.07, 6.45) is 4.92. The van der Waals surface area contributed by atoms with Crippen LogP contribution in [0.3, 0.4) is 0 Å². The summed E-state index contributed by atoms with van der Waals surface area (Å²) < 4.78 is 6.11. The van der Waals surface area contributed by atoms with Crippen LogP contribution in [0.15, 0.2) is 0 Å². The van der Waals surface area contributed by atoms with Crippen LogP contribution in [0.2, 0.25) is 18.1 Å². The largest absolute Gasteiger partial charge is 0.480 e. The quantitative estimate of drug-likeness (QED) is 0.478. The molecule has 0 heterocycles. The number of likely N-dealkylation sites (N-methyl/N-ethyl adjacent to an activating group) is 1. The van der Waals surface area contributed by atoms with Gasteiger partial charge in [0.1, 0.15) is 6.04 Å². The van der Waals surface area contributed by atoms with E-state index in [1.54, 1.807) is 7.05 Å². The summed E-state index contributed by atoms with van der Waals surface area (Å²) in [4.78, 5) is 10.8. The maximum Gasteiger partial charge on any atom is 0.320 e. The van der Waals surface area contributed by atoms with Crippen LogP contribution in [0.25, 0.3) is 0 Å². The molecule has 0 rings (SSSR count). The van der Waals surface area contributed by atoms with E-state index in [0.29, 0.717) is 6.42 Å². The maximum atomic E-state index is 10.8. The molecule has 0 spiro atoms. The van der Waals surface area contributed by atoms with Crippen molar-refractivity contribution in [3.05, 3.63) is 0 Å². The highest BCUT2D eigenvalue weighted by Gasteiger charge is 2.36. The van der Waals surface area contributed by atoms with Crippen molar-refractivity contribution in [2.75, 3.05) is 13.7 Å². The second-order valence-corrected chi connectivity index (χ2v) is 11.8. The Morgan fingerprint density at radius 2 is 1.75 bits per heavy atom. The number of nitrogens with one attached hydrogen (secondary N) is 1. The van der Waals surface area contributed by atoms with Crippen LogP contribution in [-0.2, 0) is 9.22 Å². The van der Waals surface area contributed by atoms with Gasteiger partial charge in [0.15, 0.2) is 8.32 Å². The summed E-state index contributed by atoms with van der Waals surface area (Å²) in [5.74, 6) is -0.756. The van der Waals surface area contributed by atoms with E-state index in [9.17, 15) is 4.79 Å². The minimum Gasteiger partial charge on any atom is -0.480 e. The first-order chi connectivity index (χ1) is 9.12. The van der Waals surface area contributed by atoms with Gasteiger partial charge < -0.3 is 14.8 Å². The van der Waals surface area contributed by atoms with Gasteiger partial charge in [-0.25, -0.2) is 0 Å². The van der Waals surface area contributed by atoms with Crippen molar-refractivity contribution in [1.82, 2.24) is 5.32 Å². The Morgan fingerprint density at radius 3 is 2.20 bits per heavy atom. The van der Waals surface area contributed by atoms with Crippen molar-refractivity contribution < 1.29 is 14.3 Å². The highest BCUT2D eigenvalue weighted by Crippen LogP contribution is 2.36. The smallest absolute Gasteiger partial charge is 0.320 e. The number of aliphatic carboxylic acids is 1. The monoisotopic (exact) mass is 303 g/mol. The lowest BCUT2D eigenvalue weighted by molar-refractivity contribution is -0.139. The number of carbonyl (C=O) groups is 1. The van der Waals surface area contributed by atoms with E-state index in [1.807, 2.05) is 0 Å². The first kappa shape index (κ1) is 19.6. The van der Waals surface area contributed by atoms with Crippen LogP contribution in [0.1, 0.15) is 52.9 Å². The number of unbranched alkanes of at least 4 members (excludes halogenated alkanes) is 3. The second-order valence-electron chi connectivity index (χ2n) is 6.99. The van der Waals surface area contributed by atoms with Crippen molar-refractivity contribution in [3.8, 4) is 0 Å². The number of hydrogen-bond acceptors (Lipinski definition) is 3. The number of carboxylic acids is 1. The highest BCUT2D eigenvalue weighted by molar-refractivity contribution is 6.74. The van der Waals surface area contributed by atoms with Gasteiger partial charge in [0.2, 0.25) is 0 Å². The average molecular weight is 304 g/mol. The Hall–Kier alpha value is -0.393. The lowest BCUT2D eigenvalue weighted by Crippen LogP contribution is -2.40. The summed E-state index contributed by atoms with van der Waals surface area (Å²) in [5, 5.41) is 12.0. The van der Waals surface area contributed by atoms with E-state index < -0.39 is 20.3 Å². The van der Waals surface area contributed by atoms with Crippen LogP contribution in [-0.4, -0.2) is 39.1 Å². The molecule has 0 aliphatic rings. The van der Waals surface area contributed by atoms with Gasteiger partial charge in [0.05, 0.1) is 0 Å².